The van der Waals surface area contributed by atoms with E-state index in [1.54, 1.807) is 31.2 Å². The Morgan fingerprint density at radius 3 is 2.72 bits per heavy atom. The number of hydrogen-bond donors (Lipinski definition) is 2. The average molecular weight is 307 g/mol. The third-order valence-corrected chi connectivity index (χ3v) is 2.88. The molecule has 1 amide bonds. The third kappa shape index (κ3) is 2.38. The van der Waals surface area contributed by atoms with Gasteiger partial charge in [0.25, 0.3) is 11.7 Å². The number of aromatic amines is 1. The predicted molar refractivity (Wildman–Crippen MR) is 70.2 cm³/mol. The Labute approximate surface area is 111 Å². The van der Waals surface area contributed by atoms with Crippen molar-refractivity contribution in [1.82, 2.24) is 10.2 Å². The first kappa shape index (κ1) is 12.3. The number of carbonyl (C=O) groups is 1. The van der Waals surface area contributed by atoms with E-state index in [-0.39, 0.29) is 17.4 Å². The van der Waals surface area contributed by atoms with Gasteiger partial charge >= 0.3 is 5.69 Å². The lowest BCUT2D eigenvalue weighted by molar-refractivity contribution is 0.102. The molecule has 1 heterocycles. The molecule has 0 aliphatic heterocycles. The van der Waals surface area contributed by atoms with Gasteiger partial charge in [-0.1, -0.05) is 15.9 Å². The molecule has 0 spiro atoms. The molecule has 1 aromatic heterocycles. The second-order valence-electron chi connectivity index (χ2n) is 3.61. The minimum atomic E-state index is -0.320. The summed E-state index contributed by atoms with van der Waals surface area (Å²) in [4.78, 5) is 15.0. The van der Waals surface area contributed by atoms with Crippen molar-refractivity contribution in [2.75, 3.05) is 5.32 Å². The van der Waals surface area contributed by atoms with Gasteiger partial charge in [-0.15, -0.1) is 5.10 Å². The number of benzene rings is 1. The maximum absolute atomic E-state index is 11.9. The summed E-state index contributed by atoms with van der Waals surface area (Å²) in [5.74, 6) is -0.123. The van der Waals surface area contributed by atoms with Crippen LogP contribution < -0.4 is 5.32 Å². The summed E-state index contributed by atoms with van der Waals surface area (Å²) in [6.45, 7) is 1.69. The lowest BCUT2D eigenvalue weighted by atomic mass is 10.2. The Hall–Kier alpha value is -2.20. The highest BCUT2D eigenvalue weighted by Gasteiger charge is 2.23. The summed E-state index contributed by atoms with van der Waals surface area (Å²) >= 11 is 3.29. The van der Waals surface area contributed by atoms with Crippen LogP contribution >= 0.6 is 15.9 Å². The molecule has 0 saturated heterocycles. The third-order valence-electron chi connectivity index (χ3n) is 2.35. The highest BCUT2D eigenvalue weighted by atomic mass is 79.9. The van der Waals surface area contributed by atoms with Crippen molar-refractivity contribution in [2.24, 2.45) is 0 Å². The molecule has 18 heavy (non-hydrogen) atoms. The molecule has 0 unspecified atom stereocenters. The van der Waals surface area contributed by atoms with Crippen LogP contribution in [0.15, 0.2) is 28.7 Å². The first-order valence-electron chi connectivity index (χ1n) is 5.09. The number of diazo groups is 1. The monoisotopic (exact) mass is 306 g/mol. The molecule has 2 rings (SSSR count). The minimum absolute atomic E-state index is 0.197. The van der Waals surface area contributed by atoms with Crippen molar-refractivity contribution in [3.8, 4) is 0 Å². The zero-order chi connectivity index (χ0) is 13.1. The maximum atomic E-state index is 11.9. The van der Waals surface area contributed by atoms with E-state index in [1.165, 1.54) is 0 Å². The Morgan fingerprint density at radius 1 is 1.44 bits per heavy atom. The molecule has 0 bridgehead atoms. The molecule has 1 aromatic carbocycles. The Kier molecular flexibility index (Phi) is 3.39. The highest BCUT2D eigenvalue weighted by molar-refractivity contribution is 9.10. The second kappa shape index (κ2) is 4.98. The summed E-state index contributed by atoms with van der Waals surface area (Å²) in [6.07, 6.45) is 0. The number of nitrogens with one attached hydrogen (secondary N) is 2. The molecule has 0 aliphatic carbocycles. The number of hydrogen-bond acceptors (Lipinski definition) is 3. The van der Waals surface area contributed by atoms with Gasteiger partial charge in [0, 0.05) is 10.0 Å². The topological polar surface area (TPSA) is 85.9 Å². The van der Waals surface area contributed by atoms with Gasteiger partial charge in [-0.25, -0.2) is 0 Å². The molecule has 0 atom stereocenters. The highest BCUT2D eigenvalue weighted by Crippen LogP contribution is 2.26. The fourth-order valence-electron chi connectivity index (χ4n) is 1.41. The van der Waals surface area contributed by atoms with Crippen LogP contribution in [0.25, 0.3) is 4.98 Å². The lowest BCUT2D eigenvalue weighted by Crippen LogP contribution is -2.12. The molecule has 90 valence electrons. The van der Waals surface area contributed by atoms with Gasteiger partial charge in [0.05, 0.1) is 0 Å². The van der Waals surface area contributed by atoms with Crippen molar-refractivity contribution >= 4 is 33.3 Å². The SMILES string of the molecule is Cc1[nH]nc(NC(=O)c2ccc(Br)cc2)c1[N+]#N. The van der Waals surface area contributed by atoms with Gasteiger partial charge in [-0.3, -0.25) is 15.2 Å². The van der Waals surface area contributed by atoms with Crippen LogP contribution in [0.1, 0.15) is 16.1 Å². The number of H-pyrrole nitrogens is 1. The van der Waals surface area contributed by atoms with E-state index in [9.17, 15) is 4.79 Å². The molecule has 0 radical (unpaired) electrons. The standard InChI is InChI=1S/C11H8BrN5O/c1-6-9(15-13)10(17-16-6)14-11(18)7-2-4-8(12)5-3-7/h2-5,13H,1H3/p+1. The summed E-state index contributed by atoms with van der Waals surface area (Å²) < 4.78 is 0.890. The van der Waals surface area contributed by atoms with Crippen molar-refractivity contribution < 1.29 is 4.79 Å². The fraction of sp³-hybridized carbons (Fsp3) is 0.0909. The maximum Gasteiger partial charge on any atom is 0.449 e. The molecule has 2 N–H and O–H groups in total. The van der Waals surface area contributed by atoms with Gasteiger partial charge < -0.3 is 0 Å². The fourth-order valence-corrected chi connectivity index (χ4v) is 1.68. The minimum Gasteiger partial charge on any atom is -0.298 e. The van der Waals surface area contributed by atoms with Crippen molar-refractivity contribution in [3.05, 3.63) is 45.0 Å². The van der Waals surface area contributed by atoms with Crippen molar-refractivity contribution in [1.29, 1.82) is 5.39 Å². The van der Waals surface area contributed by atoms with Gasteiger partial charge in [-0.2, -0.15) is 0 Å². The number of rotatable bonds is 2. The number of amides is 1. The quantitative estimate of drug-likeness (QED) is 0.835. The molecular formula is C11H9BrN5O+. The Bertz CT molecular complexity index is 626. The van der Waals surface area contributed by atoms with E-state index in [0.717, 1.165) is 4.47 Å². The van der Waals surface area contributed by atoms with E-state index in [0.29, 0.717) is 11.3 Å². The number of carbonyl (C=O) groups excluding carboxylic acids is 1. The van der Waals surface area contributed by atoms with Gasteiger partial charge in [0.2, 0.25) is 5.39 Å². The molecule has 6 nitrogen and oxygen atoms in total. The molecule has 0 fully saturated rings. The van der Waals surface area contributed by atoms with E-state index in [1.807, 2.05) is 0 Å². The number of anilines is 1. The van der Waals surface area contributed by atoms with Crippen LogP contribution in [-0.2, 0) is 0 Å². The largest absolute Gasteiger partial charge is 0.449 e. The Balaban J connectivity index is 2.22. The average Bonchev–Trinajstić information content (AvgIpc) is 2.70. The van der Waals surface area contributed by atoms with Crippen molar-refractivity contribution in [2.45, 2.75) is 6.92 Å². The second-order valence-corrected chi connectivity index (χ2v) is 4.52. The predicted octanol–water partition coefficient (Wildman–Crippen LogP) is 3.22. The summed E-state index contributed by atoms with van der Waals surface area (Å²) in [7, 11) is 0. The van der Waals surface area contributed by atoms with Crippen LogP contribution in [0, 0.1) is 12.3 Å². The molecule has 7 heteroatoms. The van der Waals surface area contributed by atoms with Gasteiger partial charge in [0.1, 0.15) is 5.69 Å². The van der Waals surface area contributed by atoms with E-state index in [4.69, 9.17) is 5.39 Å². The summed E-state index contributed by atoms with van der Waals surface area (Å²) in [6, 6.07) is 6.88. The van der Waals surface area contributed by atoms with Crippen LogP contribution in [0.3, 0.4) is 0 Å². The summed E-state index contributed by atoms with van der Waals surface area (Å²) in [5.41, 5.74) is 1.28. The molecule has 0 aliphatic rings. The zero-order valence-electron chi connectivity index (χ0n) is 9.44. The number of nitrogens with zero attached hydrogens (tertiary/aromatic N) is 3. The first-order valence-corrected chi connectivity index (χ1v) is 5.88. The Morgan fingerprint density at radius 2 is 2.11 bits per heavy atom. The molecule has 2 aromatic rings. The zero-order valence-corrected chi connectivity index (χ0v) is 11.0. The van der Waals surface area contributed by atoms with E-state index in [2.05, 4.69) is 36.4 Å². The van der Waals surface area contributed by atoms with Crippen LogP contribution in [0.2, 0.25) is 0 Å². The van der Waals surface area contributed by atoms with Crippen LogP contribution in [0.5, 0.6) is 0 Å². The normalized spacial score (nSPS) is 9.83. The van der Waals surface area contributed by atoms with E-state index >= 15 is 0 Å². The number of aryl methyl sites for hydroxylation is 1. The molecular weight excluding hydrogens is 298 g/mol. The molecule has 0 saturated carbocycles. The first-order chi connectivity index (χ1) is 8.61. The number of aromatic nitrogens is 2. The van der Waals surface area contributed by atoms with Gasteiger partial charge in [0.15, 0.2) is 4.98 Å². The van der Waals surface area contributed by atoms with Crippen LogP contribution in [0.4, 0.5) is 11.5 Å². The summed E-state index contributed by atoms with van der Waals surface area (Å²) in [5, 5.41) is 17.9. The van der Waals surface area contributed by atoms with Gasteiger partial charge in [-0.05, 0) is 31.2 Å². The van der Waals surface area contributed by atoms with E-state index < -0.39 is 0 Å². The van der Waals surface area contributed by atoms with Crippen LogP contribution in [-0.4, -0.2) is 16.1 Å². The smallest absolute Gasteiger partial charge is 0.298 e. The number of halogens is 1. The lowest BCUT2D eigenvalue weighted by Gasteiger charge is -2.00. The van der Waals surface area contributed by atoms with Crippen molar-refractivity contribution in [3.63, 3.8) is 0 Å².